The van der Waals surface area contributed by atoms with E-state index in [1.165, 1.54) is 0 Å². The first-order valence-electron chi connectivity index (χ1n) is 5.01. The van der Waals surface area contributed by atoms with Crippen LogP contribution < -0.4 is 5.32 Å². The van der Waals surface area contributed by atoms with Gasteiger partial charge < -0.3 is 10.4 Å². The zero-order valence-electron chi connectivity index (χ0n) is 9.86. The minimum atomic E-state index is -5.06. The SMILES string of the molecule is CC(Nc1ccc([N+](=O)[O-])cc1Br)(C(=O)O)C(F)(F)F. The van der Waals surface area contributed by atoms with Gasteiger partial charge in [0.2, 0.25) is 5.54 Å². The summed E-state index contributed by atoms with van der Waals surface area (Å²) in [5.41, 5.74) is -3.78. The summed E-state index contributed by atoms with van der Waals surface area (Å²) in [5.74, 6) is -2.12. The highest BCUT2D eigenvalue weighted by Gasteiger charge is 2.57. The maximum Gasteiger partial charge on any atom is 0.422 e. The van der Waals surface area contributed by atoms with Crippen molar-refractivity contribution in [3.05, 3.63) is 32.8 Å². The third-order valence-electron chi connectivity index (χ3n) is 2.54. The maximum absolute atomic E-state index is 12.8. The van der Waals surface area contributed by atoms with Crippen LogP contribution in [0.4, 0.5) is 24.5 Å². The molecule has 0 bridgehead atoms. The van der Waals surface area contributed by atoms with Crippen LogP contribution in [0, 0.1) is 10.1 Å². The Morgan fingerprint density at radius 3 is 2.35 bits per heavy atom. The Labute approximate surface area is 118 Å². The van der Waals surface area contributed by atoms with Gasteiger partial charge in [0.1, 0.15) is 0 Å². The number of carboxylic acid groups (broad SMARTS) is 1. The van der Waals surface area contributed by atoms with E-state index in [4.69, 9.17) is 5.11 Å². The summed E-state index contributed by atoms with van der Waals surface area (Å²) in [7, 11) is 0. The van der Waals surface area contributed by atoms with Crippen molar-refractivity contribution in [2.24, 2.45) is 0 Å². The second-order valence-electron chi connectivity index (χ2n) is 3.97. The first-order valence-corrected chi connectivity index (χ1v) is 5.80. The van der Waals surface area contributed by atoms with Gasteiger partial charge in [0.05, 0.1) is 10.6 Å². The second kappa shape index (κ2) is 5.27. The fourth-order valence-corrected chi connectivity index (χ4v) is 1.70. The highest BCUT2D eigenvalue weighted by atomic mass is 79.9. The summed E-state index contributed by atoms with van der Waals surface area (Å²) >= 11 is 2.86. The number of nitro benzene ring substituents is 1. The van der Waals surface area contributed by atoms with Crippen molar-refractivity contribution in [3.63, 3.8) is 0 Å². The number of nitrogens with one attached hydrogen (secondary N) is 1. The van der Waals surface area contributed by atoms with Gasteiger partial charge in [-0.25, -0.2) is 4.79 Å². The molecule has 1 aromatic carbocycles. The molecule has 0 saturated carbocycles. The quantitative estimate of drug-likeness (QED) is 0.638. The molecule has 0 spiro atoms. The molecule has 1 unspecified atom stereocenters. The Balaban J connectivity index is 3.20. The van der Waals surface area contributed by atoms with Gasteiger partial charge in [-0.2, -0.15) is 13.2 Å². The van der Waals surface area contributed by atoms with Gasteiger partial charge >= 0.3 is 12.1 Å². The number of aliphatic carboxylic acids is 1. The first kappa shape index (κ1) is 16.2. The molecule has 110 valence electrons. The van der Waals surface area contributed by atoms with Crippen molar-refractivity contribution in [1.29, 1.82) is 0 Å². The molecule has 1 aromatic rings. The van der Waals surface area contributed by atoms with Gasteiger partial charge in [0.25, 0.3) is 5.69 Å². The molecule has 6 nitrogen and oxygen atoms in total. The number of carbonyl (C=O) groups is 1. The summed E-state index contributed by atoms with van der Waals surface area (Å²) in [6, 6.07) is 2.93. The largest absolute Gasteiger partial charge is 0.479 e. The molecule has 0 fully saturated rings. The lowest BCUT2D eigenvalue weighted by Gasteiger charge is -2.29. The van der Waals surface area contributed by atoms with Crippen LogP contribution in [0.25, 0.3) is 0 Å². The standard InChI is InChI=1S/C10H8BrF3N2O4/c1-9(8(17)18,10(12,13)14)15-7-3-2-5(16(19)20)4-6(7)11/h2-4,15H,1H3,(H,17,18). The van der Waals surface area contributed by atoms with Crippen molar-refractivity contribution >= 4 is 33.3 Å². The van der Waals surface area contributed by atoms with Crippen molar-refractivity contribution in [2.75, 3.05) is 5.32 Å². The number of non-ortho nitro benzene ring substituents is 1. The molecule has 20 heavy (non-hydrogen) atoms. The molecule has 0 heterocycles. The molecule has 2 N–H and O–H groups in total. The molecular weight excluding hydrogens is 349 g/mol. The fraction of sp³-hybridized carbons (Fsp3) is 0.300. The lowest BCUT2D eigenvalue weighted by Crippen LogP contribution is -2.55. The smallest absolute Gasteiger partial charge is 0.422 e. The normalized spacial score (nSPS) is 14.4. The predicted molar refractivity (Wildman–Crippen MR) is 66.5 cm³/mol. The number of nitrogens with zero attached hydrogens (tertiary/aromatic N) is 1. The number of hydrogen-bond acceptors (Lipinski definition) is 4. The Kier molecular flexibility index (Phi) is 4.27. The molecule has 0 amide bonds. The fourth-order valence-electron chi connectivity index (χ4n) is 1.23. The lowest BCUT2D eigenvalue weighted by atomic mass is 10.0. The minimum Gasteiger partial charge on any atom is -0.479 e. The van der Waals surface area contributed by atoms with Crippen molar-refractivity contribution in [3.8, 4) is 0 Å². The number of benzene rings is 1. The topological polar surface area (TPSA) is 92.5 Å². The highest BCUT2D eigenvalue weighted by Crippen LogP contribution is 2.36. The highest BCUT2D eigenvalue weighted by molar-refractivity contribution is 9.10. The van der Waals surface area contributed by atoms with E-state index >= 15 is 0 Å². The van der Waals surface area contributed by atoms with Crippen molar-refractivity contribution < 1.29 is 28.0 Å². The van der Waals surface area contributed by atoms with E-state index in [-0.39, 0.29) is 15.8 Å². The van der Waals surface area contributed by atoms with Gasteiger partial charge in [0.15, 0.2) is 0 Å². The average molecular weight is 357 g/mol. The molecule has 1 rings (SSSR count). The summed E-state index contributed by atoms with van der Waals surface area (Å²) in [6.45, 7) is 0.461. The molecule has 0 aromatic heterocycles. The van der Waals surface area contributed by atoms with Crippen LogP contribution in [0.1, 0.15) is 6.92 Å². The molecular formula is C10H8BrF3N2O4. The second-order valence-corrected chi connectivity index (χ2v) is 4.83. The number of alkyl halides is 3. The summed E-state index contributed by atoms with van der Waals surface area (Å²) in [6.07, 6.45) is -5.06. The van der Waals surface area contributed by atoms with Crippen LogP contribution >= 0.6 is 15.9 Å². The third-order valence-corrected chi connectivity index (χ3v) is 3.20. The van der Waals surface area contributed by atoms with Gasteiger partial charge in [-0.1, -0.05) is 0 Å². The molecule has 0 aliphatic carbocycles. The van der Waals surface area contributed by atoms with E-state index in [0.717, 1.165) is 18.2 Å². The third kappa shape index (κ3) is 3.00. The Bertz CT molecular complexity index is 564. The number of hydrogen-bond donors (Lipinski definition) is 2. The maximum atomic E-state index is 12.8. The van der Waals surface area contributed by atoms with Gasteiger partial charge in [-0.15, -0.1) is 0 Å². The summed E-state index contributed by atoms with van der Waals surface area (Å²) in [4.78, 5) is 20.6. The van der Waals surface area contributed by atoms with E-state index in [2.05, 4.69) is 15.9 Å². The van der Waals surface area contributed by atoms with Gasteiger partial charge in [-0.05, 0) is 28.9 Å². The van der Waals surface area contributed by atoms with E-state index < -0.39 is 22.6 Å². The molecule has 0 aliphatic rings. The minimum absolute atomic E-state index is 0.0524. The molecule has 0 radical (unpaired) electrons. The number of halogens is 4. The van der Waals surface area contributed by atoms with Crippen LogP contribution in [0.15, 0.2) is 22.7 Å². The van der Waals surface area contributed by atoms with E-state index in [1.807, 2.05) is 5.32 Å². The van der Waals surface area contributed by atoms with E-state index in [0.29, 0.717) is 6.92 Å². The number of carboxylic acids is 1. The Morgan fingerprint density at radius 2 is 2.00 bits per heavy atom. The Morgan fingerprint density at radius 1 is 1.45 bits per heavy atom. The Hall–Kier alpha value is -1.84. The van der Waals surface area contributed by atoms with Crippen LogP contribution in [-0.4, -0.2) is 27.7 Å². The molecule has 10 heteroatoms. The number of anilines is 1. The molecule has 1 atom stereocenters. The molecule has 0 aliphatic heterocycles. The van der Waals surface area contributed by atoms with E-state index in [9.17, 15) is 28.1 Å². The monoisotopic (exact) mass is 356 g/mol. The van der Waals surface area contributed by atoms with E-state index in [1.54, 1.807) is 0 Å². The van der Waals surface area contributed by atoms with Crippen molar-refractivity contribution in [2.45, 2.75) is 18.6 Å². The number of nitro groups is 1. The van der Waals surface area contributed by atoms with Crippen LogP contribution in [0.2, 0.25) is 0 Å². The van der Waals surface area contributed by atoms with Crippen molar-refractivity contribution in [1.82, 2.24) is 0 Å². The zero-order chi connectivity index (χ0) is 15.7. The van der Waals surface area contributed by atoms with Crippen LogP contribution in [0.5, 0.6) is 0 Å². The van der Waals surface area contributed by atoms with Gasteiger partial charge in [0, 0.05) is 16.6 Å². The van der Waals surface area contributed by atoms with Crippen LogP contribution in [0.3, 0.4) is 0 Å². The lowest BCUT2D eigenvalue weighted by molar-refractivity contribution is -0.384. The predicted octanol–water partition coefficient (Wildman–Crippen LogP) is 3.17. The molecule has 0 saturated heterocycles. The van der Waals surface area contributed by atoms with Gasteiger partial charge in [-0.3, -0.25) is 10.1 Å². The van der Waals surface area contributed by atoms with Crippen LogP contribution in [-0.2, 0) is 4.79 Å². The average Bonchev–Trinajstić information content (AvgIpc) is 2.29. The summed E-state index contributed by atoms with van der Waals surface area (Å²) in [5, 5.41) is 21.1. The zero-order valence-corrected chi connectivity index (χ0v) is 11.4. The number of rotatable bonds is 4. The summed E-state index contributed by atoms with van der Waals surface area (Å²) < 4.78 is 38.4. The first-order chi connectivity index (χ1) is 8.99.